The average Bonchev–Trinajstić information content (AvgIpc) is 3.19. The third kappa shape index (κ3) is 3.64. The Morgan fingerprint density at radius 3 is 2.50 bits per heavy atom. The number of hydrogen-bond donors (Lipinski definition) is 1. The Balaban J connectivity index is 1.56. The standard InChI is InChI=1S/C23H22N2O4S/c1-16-7-12-22(29-2)20(15-16)24-23(26)18-8-10-19(11-9-18)30(27,28)25-14-13-17-5-3-4-6-21(17)25/h3-12,15H,13-14H2,1-2H3,(H,24,26). The quantitative estimate of drug-likeness (QED) is 0.674. The second kappa shape index (κ2) is 7.84. The molecule has 0 saturated carbocycles. The molecule has 0 aromatic heterocycles. The molecule has 0 atom stereocenters. The van der Waals surface area contributed by atoms with E-state index in [1.165, 1.54) is 35.7 Å². The molecule has 0 aliphatic carbocycles. The van der Waals surface area contributed by atoms with Gasteiger partial charge in [-0.2, -0.15) is 0 Å². The van der Waals surface area contributed by atoms with Gasteiger partial charge in [-0.15, -0.1) is 0 Å². The lowest BCUT2D eigenvalue weighted by Gasteiger charge is -2.19. The van der Waals surface area contributed by atoms with Gasteiger partial charge >= 0.3 is 0 Å². The number of carbonyl (C=O) groups excluding carboxylic acids is 1. The molecule has 0 spiro atoms. The number of amides is 1. The van der Waals surface area contributed by atoms with Crippen LogP contribution >= 0.6 is 0 Å². The van der Waals surface area contributed by atoms with E-state index in [4.69, 9.17) is 4.74 Å². The summed E-state index contributed by atoms with van der Waals surface area (Å²) in [7, 11) is -2.15. The van der Waals surface area contributed by atoms with Crippen LogP contribution in [-0.4, -0.2) is 28.0 Å². The number of aryl methyl sites for hydroxylation is 1. The third-order valence-corrected chi connectivity index (χ3v) is 6.98. The van der Waals surface area contributed by atoms with E-state index in [2.05, 4.69) is 5.32 Å². The fraction of sp³-hybridized carbons (Fsp3) is 0.174. The topological polar surface area (TPSA) is 75.7 Å². The molecule has 6 nitrogen and oxygen atoms in total. The second-order valence-corrected chi connectivity index (χ2v) is 9.00. The number of nitrogens with one attached hydrogen (secondary N) is 1. The average molecular weight is 423 g/mol. The first-order valence-corrected chi connectivity index (χ1v) is 11.0. The minimum atomic E-state index is -3.69. The number of hydrogen-bond acceptors (Lipinski definition) is 4. The molecule has 1 aliphatic heterocycles. The fourth-order valence-corrected chi connectivity index (χ4v) is 5.08. The van der Waals surface area contributed by atoms with Crippen molar-refractivity contribution in [1.82, 2.24) is 0 Å². The maximum atomic E-state index is 13.1. The van der Waals surface area contributed by atoms with Crippen molar-refractivity contribution in [2.75, 3.05) is 23.3 Å². The van der Waals surface area contributed by atoms with Crippen LogP contribution in [0.4, 0.5) is 11.4 Å². The number of nitrogens with zero attached hydrogens (tertiary/aromatic N) is 1. The van der Waals surface area contributed by atoms with Gasteiger partial charge in [-0.25, -0.2) is 8.42 Å². The Hall–Kier alpha value is -3.32. The van der Waals surface area contributed by atoms with E-state index in [0.29, 0.717) is 35.7 Å². The molecule has 1 heterocycles. The molecule has 4 rings (SSSR count). The molecule has 3 aromatic carbocycles. The molecule has 30 heavy (non-hydrogen) atoms. The highest BCUT2D eigenvalue weighted by Crippen LogP contribution is 2.32. The molecule has 0 unspecified atom stereocenters. The number of rotatable bonds is 5. The van der Waals surface area contributed by atoms with E-state index in [1.54, 1.807) is 6.07 Å². The minimum Gasteiger partial charge on any atom is -0.495 e. The predicted octanol–water partition coefficient (Wildman–Crippen LogP) is 4.01. The number of fused-ring (bicyclic) bond motifs is 1. The molecule has 1 amide bonds. The summed E-state index contributed by atoms with van der Waals surface area (Å²) in [6.45, 7) is 2.34. The summed E-state index contributed by atoms with van der Waals surface area (Å²) in [6, 6.07) is 19.0. The highest BCUT2D eigenvalue weighted by molar-refractivity contribution is 7.92. The number of ether oxygens (including phenoxy) is 1. The molecule has 0 saturated heterocycles. The van der Waals surface area contributed by atoms with Crippen molar-refractivity contribution in [3.8, 4) is 5.75 Å². The van der Waals surface area contributed by atoms with Gasteiger partial charge in [-0.05, 0) is 66.9 Å². The molecule has 0 bridgehead atoms. The van der Waals surface area contributed by atoms with E-state index >= 15 is 0 Å². The van der Waals surface area contributed by atoms with Crippen LogP contribution in [0.2, 0.25) is 0 Å². The molecular formula is C23H22N2O4S. The van der Waals surface area contributed by atoms with Crippen LogP contribution in [0.25, 0.3) is 0 Å². The molecule has 1 aliphatic rings. The van der Waals surface area contributed by atoms with Crippen LogP contribution < -0.4 is 14.4 Å². The maximum Gasteiger partial charge on any atom is 0.264 e. The van der Waals surface area contributed by atoms with Crippen molar-refractivity contribution in [2.45, 2.75) is 18.2 Å². The van der Waals surface area contributed by atoms with Gasteiger partial charge in [0.25, 0.3) is 15.9 Å². The summed E-state index contributed by atoms with van der Waals surface area (Å²) in [4.78, 5) is 12.8. The lowest BCUT2D eigenvalue weighted by Crippen LogP contribution is -2.29. The summed E-state index contributed by atoms with van der Waals surface area (Å²) >= 11 is 0. The van der Waals surface area contributed by atoms with E-state index < -0.39 is 10.0 Å². The lowest BCUT2D eigenvalue weighted by atomic mass is 10.1. The lowest BCUT2D eigenvalue weighted by molar-refractivity contribution is 0.102. The number of carbonyl (C=O) groups is 1. The normalized spacial score (nSPS) is 13.1. The minimum absolute atomic E-state index is 0.156. The SMILES string of the molecule is COc1ccc(C)cc1NC(=O)c1ccc(S(=O)(=O)N2CCc3ccccc32)cc1. The van der Waals surface area contributed by atoms with Gasteiger partial charge in [-0.3, -0.25) is 9.10 Å². The molecule has 154 valence electrons. The molecule has 1 N–H and O–H groups in total. The van der Waals surface area contributed by atoms with Crippen molar-refractivity contribution in [1.29, 1.82) is 0 Å². The Bertz CT molecular complexity index is 1200. The van der Waals surface area contributed by atoms with Crippen molar-refractivity contribution < 1.29 is 17.9 Å². The smallest absolute Gasteiger partial charge is 0.264 e. The van der Waals surface area contributed by atoms with E-state index in [-0.39, 0.29) is 10.8 Å². The van der Waals surface area contributed by atoms with Crippen LogP contribution in [0.1, 0.15) is 21.5 Å². The monoisotopic (exact) mass is 422 g/mol. The molecule has 0 radical (unpaired) electrons. The molecule has 7 heteroatoms. The van der Waals surface area contributed by atoms with Gasteiger partial charge in [-0.1, -0.05) is 24.3 Å². The number of benzene rings is 3. The van der Waals surface area contributed by atoms with Crippen molar-refractivity contribution in [3.63, 3.8) is 0 Å². The van der Waals surface area contributed by atoms with Crippen LogP contribution in [-0.2, 0) is 16.4 Å². The fourth-order valence-electron chi connectivity index (χ4n) is 3.58. The zero-order valence-corrected chi connectivity index (χ0v) is 17.6. The zero-order chi connectivity index (χ0) is 21.3. The maximum absolute atomic E-state index is 13.1. The number of anilines is 2. The number of methoxy groups -OCH3 is 1. The largest absolute Gasteiger partial charge is 0.495 e. The summed E-state index contributed by atoms with van der Waals surface area (Å²) in [5.74, 6) is 0.218. The second-order valence-electron chi connectivity index (χ2n) is 7.14. The first-order chi connectivity index (χ1) is 14.4. The van der Waals surface area contributed by atoms with Gasteiger partial charge in [0.2, 0.25) is 0 Å². The Labute approximate surface area is 176 Å². The predicted molar refractivity (Wildman–Crippen MR) is 117 cm³/mol. The number of para-hydroxylation sites is 1. The highest BCUT2D eigenvalue weighted by Gasteiger charge is 2.30. The summed E-state index contributed by atoms with van der Waals surface area (Å²) < 4.78 is 32.9. The summed E-state index contributed by atoms with van der Waals surface area (Å²) in [5, 5.41) is 2.82. The summed E-state index contributed by atoms with van der Waals surface area (Å²) in [6.07, 6.45) is 0.689. The summed E-state index contributed by atoms with van der Waals surface area (Å²) in [5.41, 5.74) is 3.64. The van der Waals surface area contributed by atoms with E-state index in [0.717, 1.165) is 11.1 Å². The van der Waals surface area contributed by atoms with Crippen LogP contribution in [0.3, 0.4) is 0 Å². The van der Waals surface area contributed by atoms with Crippen LogP contribution in [0.5, 0.6) is 5.75 Å². The van der Waals surface area contributed by atoms with Gasteiger partial charge in [0.05, 0.1) is 23.4 Å². The molecule has 0 fully saturated rings. The van der Waals surface area contributed by atoms with Crippen LogP contribution in [0.15, 0.2) is 71.6 Å². The van der Waals surface area contributed by atoms with Crippen molar-refractivity contribution in [3.05, 3.63) is 83.4 Å². The first-order valence-electron chi connectivity index (χ1n) is 9.57. The Morgan fingerprint density at radius 2 is 1.77 bits per heavy atom. The van der Waals surface area contributed by atoms with Crippen molar-refractivity contribution in [2.24, 2.45) is 0 Å². The van der Waals surface area contributed by atoms with E-state index in [1.807, 2.05) is 43.3 Å². The van der Waals surface area contributed by atoms with Gasteiger partial charge in [0, 0.05) is 12.1 Å². The van der Waals surface area contributed by atoms with Gasteiger partial charge < -0.3 is 10.1 Å². The molecule has 3 aromatic rings. The van der Waals surface area contributed by atoms with Crippen molar-refractivity contribution >= 4 is 27.3 Å². The third-order valence-electron chi connectivity index (χ3n) is 5.15. The Kier molecular flexibility index (Phi) is 5.22. The Morgan fingerprint density at radius 1 is 1.03 bits per heavy atom. The van der Waals surface area contributed by atoms with Gasteiger partial charge in [0.15, 0.2) is 0 Å². The highest BCUT2D eigenvalue weighted by atomic mass is 32.2. The van der Waals surface area contributed by atoms with E-state index in [9.17, 15) is 13.2 Å². The molecular weight excluding hydrogens is 400 g/mol. The van der Waals surface area contributed by atoms with Crippen LogP contribution in [0, 0.1) is 6.92 Å². The number of sulfonamides is 1. The van der Waals surface area contributed by atoms with Gasteiger partial charge in [0.1, 0.15) is 5.75 Å². The first kappa shape index (κ1) is 20.0. The zero-order valence-electron chi connectivity index (χ0n) is 16.8.